The van der Waals surface area contributed by atoms with E-state index in [0.29, 0.717) is 0 Å². The van der Waals surface area contributed by atoms with Crippen LogP contribution in [0.25, 0.3) is 11.1 Å². The fourth-order valence-electron chi connectivity index (χ4n) is 4.62. The van der Waals surface area contributed by atoms with E-state index >= 15 is 0 Å². The van der Waals surface area contributed by atoms with Crippen molar-refractivity contribution in [2.45, 2.75) is 52.9 Å². The summed E-state index contributed by atoms with van der Waals surface area (Å²) in [5.41, 5.74) is 12.4. The van der Waals surface area contributed by atoms with Crippen LogP contribution in [-0.2, 0) is 36.1 Å². The van der Waals surface area contributed by atoms with Crippen LogP contribution in [0.3, 0.4) is 0 Å². The molecule has 0 aromatic heterocycles. The fourth-order valence-corrected chi connectivity index (χ4v) is 5.44. The van der Waals surface area contributed by atoms with E-state index in [0.717, 1.165) is 12.8 Å². The van der Waals surface area contributed by atoms with E-state index in [2.05, 4.69) is 138 Å². The number of fused-ring (bicyclic) bond motifs is 3. The number of benzene rings is 4. The first-order valence-corrected chi connectivity index (χ1v) is 14.5. The molecule has 204 valence electrons. The number of allylic oxidation sites excluding steroid dienone is 4. The van der Waals surface area contributed by atoms with E-state index in [9.17, 15) is 0 Å². The van der Waals surface area contributed by atoms with Crippen LogP contribution in [0.15, 0.2) is 103 Å². The molecule has 0 spiro atoms. The Morgan fingerprint density at radius 1 is 0.775 bits per heavy atom. The molecule has 0 heterocycles. The van der Waals surface area contributed by atoms with Gasteiger partial charge in [0.05, 0.1) is 0 Å². The molecule has 0 aliphatic heterocycles. The van der Waals surface area contributed by atoms with Gasteiger partial charge in [-0.2, -0.15) is 29.8 Å². The van der Waals surface area contributed by atoms with Crippen molar-refractivity contribution in [3.05, 3.63) is 154 Å². The molecule has 0 saturated carbocycles. The minimum atomic E-state index is 0. The first-order chi connectivity index (χ1) is 18.2. The first kappa shape index (κ1) is 33.9. The largest absolute Gasteiger partial charge is 1.00 e. The molecular weight excluding hydrogens is 607 g/mol. The SMILES string of the molecule is CC(C)(C)c1ccc([C](=[Zr+2])c2ccccc2)cc1.Cc1[c-]c2c(cc1)-c1ccc(C)cc1C2.[C-]1=CC=CC1.[Cl-].[Cl-]. The van der Waals surface area contributed by atoms with Gasteiger partial charge in [-0.15, -0.1) is 17.5 Å². The summed E-state index contributed by atoms with van der Waals surface area (Å²) < 4.78 is 1.42. The van der Waals surface area contributed by atoms with E-state index in [4.69, 9.17) is 0 Å². The van der Waals surface area contributed by atoms with Gasteiger partial charge in [-0.25, -0.2) is 12.2 Å². The monoisotopic (exact) mass is 640 g/mol. The van der Waals surface area contributed by atoms with Gasteiger partial charge in [-0.05, 0) is 18.9 Å². The van der Waals surface area contributed by atoms with E-state index in [1.165, 1.54) is 77.5 Å². The molecule has 0 amide bonds. The molecule has 2 aliphatic rings. The fraction of sp³-hybridized carbons (Fsp3) is 0.216. The van der Waals surface area contributed by atoms with Crippen LogP contribution in [0.2, 0.25) is 0 Å². The van der Waals surface area contributed by atoms with Gasteiger partial charge in [0.25, 0.3) is 0 Å². The second kappa shape index (κ2) is 15.6. The van der Waals surface area contributed by atoms with Gasteiger partial charge in [-0.3, -0.25) is 6.08 Å². The second-order valence-corrected chi connectivity index (χ2v) is 12.2. The summed E-state index contributed by atoms with van der Waals surface area (Å²) in [7, 11) is 0. The second-order valence-electron chi connectivity index (χ2n) is 10.9. The van der Waals surface area contributed by atoms with Crippen LogP contribution in [0, 0.1) is 26.0 Å². The molecule has 0 bridgehead atoms. The predicted molar refractivity (Wildman–Crippen MR) is 159 cm³/mol. The standard InChI is InChI=1S/C17H18.C15H13.C5H5.2ClH.Zr/c1-17(2,3)16-11-9-15(10-12-16)13-14-7-5-4-6-8-14;1-10-3-5-14-12(7-10)9-13-8-11(2)4-6-15(13)14;1-2-4-5-3-1;;;/h4-12H,1-3H3;3-7H,9H2,1-2H3;1-3H,4H2;2*1H;/q;2*-1;;;+2/p-2. The minimum Gasteiger partial charge on any atom is -1.00 e. The maximum absolute atomic E-state index is 3.45. The van der Waals surface area contributed by atoms with Crippen LogP contribution in [0.1, 0.15) is 66.1 Å². The summed E-state index contributed by atoms with van der Waals surface area (Å²) in [4.78, 5) is 0. The van der Waals surface area contributed by atoms with Gasteiger partial charge in [0.2, 0.25) is 0 Å². The number of hydrogen-bond acceptors (Lipinski definition) is 0. The third kappa shape index (κ3) is 9.10. The molecule has 4 aromatic carbocycles. The third-order valence-corrected chi connectivity index (χ3v) is 8.20. The first-order valence-electron chi connectivity index (χ1n) is 13.3. The Morgan fingerprint density at radius 2 is 1.43 bits per heavy atom. The topological polar surface area (TPSA) is 0 Å². The summed E-state index contributed by atoms with van der Waals surface area (Å²) in [6.07, 6.45) is 11.0. The quantitative estimate of drug-likeness (QED) is 0.260. The van der Waals surface area contributed by atoms with Crippen molar-refractivity contribution in [3.8, 4) is 11.1 Å². The average molecular weight is 643 g/mol. The van der Waals surface area contributed by atoms with Crippen LogP contribution in [0.5, 0.6) is 0 Å². The van der Waals surface area contributed by atoms with Crippen molar-refractivity contribution in [2.24, 2.45) is 0 Å². The zero-order chi connectivity index (χ0) is 27.1. The van der Waals surface area contributed by atoms with Gasteiger partial charge in [0, 0.05) is 0 Å². The van der Waals surface area contributed by atoms with Crippen molar-refractivity contribution < 1.29 is 49.0 Å². The average Bonchev–Trinajstić information content (AvgIpc) is 3.60. The van der Waals surface area contributed by atoms with Gasteiger partial charge in [-0.1, -0.05) is 36.2 Å². The number of rotatable bonds is 2. The van der Waals surface area contributed by atoms with Gasteiger partial charge >= 0.3 is 125 Å². The smallest absolute Gasteiger partial charge is 0.0253 e. The molecule has 40 heavy (non-hydrogen) atoms. The Kier molecular flexibility index (Phi) is 13.2. The van der Waals surface area contributed by atoms with Crippen molar-refractivity contribution in [2.75, 3.05) is 0 Å². The molecule has 0 unspecified atom stereocenters. The summed E-state index contributed by atoms with van der Waals surface area (Å²) in [6, 6.07) is 34.2. The molecule has 0 radical (unpaired) electrons. The van der Waals surface area contributed by atoms with Crippen LogP contribution in [0.4, 0.5) is 0 Å². The van der Waals surface area contributed by atoms with E-state index in [1.54, 1.807) is 0 Å². The molecular formula is C37H36Cl2Zr-2. The Hall–Kier alpha value is -2.31. The summed E-state index contributed by atoms with van der Waals surface area (Å²) in [5, 5.41) is 0. The normalized spacial score (nSPS) is 12.0. The maximum atomic E-state index is 3.45. The molecule has 0 atom stereocenters. The van der Waals surface area contributed by atoms with Crippen molar-refractivity contribution in [1.29, 1.82) is 0 Å². The molecule has 0 fully saturated rings. The van der Waals surface area contributed by atoms with Crippen molar-refractivity contribution in [1.82, 2.24) is 0 Å². The molecule has 0 N–H and O–H groups in total. The molecule has 4 aromatic rings. The Bertz CT molecular complexity index is 1400. The van der Waals surface area contributed by atoms with Crippen LogP contribution in [-0.4, -0.2) is 3.21 Å². The van der Waals surface area contributed by atoms with E-state index in [1.807, 2.05) is 12.2 Å². The zero-order valence-electron chi connectivity index (χ0n) is 24.0. The Morgan fingerprint density at radius 3 is 2.00 bits per heavy atom. The number of halogens is 2. The van der Waals surface area contributed by atoms with E-state index in [-0.39, 0.29) is 30.2 Å². The minimum absolute atomic E-state index is 0. The summed E-state index contributed by atoms with van der Waals surface area (Å²) in [5.74, 6) is 0. The predicted octanol–water partition coefficient (Wildman–Crippen LogP) is 3.09. The zero-order valence-corrected chi connectivity index (χ0v) is 28.0. The Balaban J connectivity index is 0.000000230. The van der Waals surface area contributed by atoms with Crippen LogP contribution >= 0.6 is 0 Å². The summed E-state index contributed by atoms with van der Waals surface area (Å²) in [6.45, 7) is 11.0. The van der Waals surface area contributed by atoms with Crippen molar-refractivity contribution in [3.63, 3.8) is 0 Å². The van der Waals surface area contributed by atoms with Gasteiger partial charge < -0.3 is 24.8 Å². The van der Waals surface area contributed by atoms with Gasteiger partial charge in [0.15, 0.2) is 0 Å². The maximum Gasteiger partial charge on any atom is -0.0253 e. The van der Waals surface area contributed by atoms with Gasteiger partial charge in [0.1, 0.15) is 0 Å². The van der Waals surface area contributed by atoms with Crippen LogP contribution < -0.4 is 24.8 Å². The number of aryl methyl sites for hydroxylation is 2. The molecule has 2 aliphatic carbocycles. The summed E-state index contributed by atoms with van der Waals surface area (Å²) >= 11 is 1.46. The van der Waals surface area contributed by atoms with E-state index < -0.39 is 0 Å². The molecule has 0 nitrogen and oxygen atoms in total. The molecule has 3 heteroatoms. The number of hydrogen-bond donors (Lipinski definition) is 0. The third-order valence-electron chi connectivity index (χ3n) is 6.78. The molecule has 6 rings (SSSR count). The Labute approximate surface area is 268 Å². The van der Waals surface area contributed by atoms with Crippen molar-refractivity contribution >= 4 is 3.21 Å². The molecule has 0 saturated heterocycles.